The summed E-state index contributed by atoms with van der Waals surface area (Å²) in [4.78, 5) is 10.5. The van der Waals surface area contributed by atoms with Gasteiger partial charge in [0.25, 0.3) is 0 Å². The highest BCUT2D eigenvalue weighted by Gasteiger charge is 2.07. The van der Waals surface area contributed by atoms with Crippen molar-refractivity contribution in [1.29, 1.82) is 0 Å². The van der Waals surface area contributed by atoms with Crippen molar-refractivity contribution >= 4 is 5.97 Å². The van der Waals surface area contributed by atoms with Gasteiger partial charge in [0.2, 0.25) is 5.76 Å². The SMILES string of the molecule is CC=C(Oc1ccc(F)cc1)C(=O)O. The van der Waals surface area contributed by atoms with Crippen molar-refractivity contribution in [2.45, 2.75) is 6.92 Å². The molecule has 3 nitrogen and oxygen atoms in total. The Bertz CT molecular complexity index is 354. The summed E-state index contributed by atoms with van der Waals surface area (Å²) >= 11 is 0. The maximum atomic E-state index is 12.5. The Morgan fingerprint density at radius 1 is 1.43 bits per heavy atom. The van der Waals surface area contributed by atoms with Gasteiger partial charge in [0, 0.05) is 0 Å². The number of halogens is 1. The molecule has 0 bridgehead atoms. The molecule has 0 unspecified atom stereocenters. The van der Waals surface area contributed by atoms with Gasteiger partial charge in [-0.3, -0.25) is 0 Å². The lowest BCUT2D eigenvalue weighted by Crippen LogP contribution is -2.07. The minimum absolute atomic E-state index is 0.184. The Balaban J connectivity index is 2.78. The summed E-state index contributed by atoms with van der Waals surface area (Å²) in [6.07, 6.45) is 1.33. The lowest BCUT2D eigenvalue weighted by atomic mass is 10.3. The third-order valence-corrected chi connectivity index (χ3v) is 1.51. The van der Waals surface area contributed by atoms with Gasteiger partial charge in [0.1, 0.15) is 11.6 Å². The van der Waals surface area contributed by atoms with Crippen molar-refractivity contribution in [3.05, 3.63) is 41.9 Å². The molecule has 0 spiro atoms. The maximum Gasteiger partial charge on any atom is 0.371 e. The van der Waals surface area contributed by atoms with E-state index in [9.17, 15) is 9.18 Å². The zero-order valence-electron chi connectivity index (χ0n) is 7.53. The van der Waals surface area contributed by atoms with Crippen molar-refractivity contribution in [3.63, 3.8) is 0 Å². The molecule has 0 saturated carbocycles. The molecule has 0 amide bonds. The number of carbonyl (C=O) groups is 1. The van der Waals surface area contributed by atoms with Crippen LogP contribution in [0.2, 0.25) is 0 Å². The molecule has 74 valence electrons. The second-order valence-corrected chi connectivity index (χ2v) is 2.51. The van der Waals surface area contributed by atoms with E-state index in [1.165, 1.54) is 30.3 Å². The van der Waals surface area contributed by atoms with Crippen LogP contribution in [0, 0.1) is 5.82 Å². The van der Waals surface area contributed by atoms with E-state index in [0.717, 1.165) is 0 Å². The second-order valence-electron chi connectivity index (χ2n) is 2.51. The predicted molar refractivity (Wildman–Crippen MR) is 48.4 cm³/mol. The zero-order valence-corrected chi connectivity index (χ0v) is 7.53. The minimum atomic E-state index is -1.16. The van der Waals surface area contributed by atoms with Gasteiger partial charge in [-0.2, -0.15) is 0 Å². The lowest BCUT2D eigenvalue weighted by molar-refractivity contribution is -0.135. The standard InChI is InChI=1S/C10H9FO3/c1-2-9(10(12)13)14-8-5-3-7(11)4-6-8/h2-6H,1H3,(H,12,13). The first-order valence-electron chi connectivity index (χ1n) is 3.96. The molecule has 0 aromatic heterocycles. The number of carboxylic acid groups (broad SMARTS) is 1. The van der Waals surface area contributed by atoms with E-state index >= 15 is 0 Å². The molecule has 0 atom stereocenters. The van der Waals surface area contributed by atoms with Crippen LogP contribution in [-0.2, 0) is 4.79 Å². The number of hydrogen-bond acceptors (Lipinski definition) is 2. The van der Waals surface area contributed by atoms with Crippen LogP contribution in [0.3, 0.4) is 0 Å². The molecule has 14 heavy (non-hydrogen) atoms. The van der Waals surface area contributed by atoms with Gasteiger partial charge >= 0.3 is 5.97 Å². The smallest absolute Gasteiger partial charge is 0.371 e. The first-order valence-corrected chi connectivity index (χ1v) is 3.96. The molecule has 1 aromatic rings. The third-order valence-electron chi connectivity index (χ3n) is 1.51. The van der Waals surface area contributed by atoms with Gasteiger partial charge in [-0.1, -0.05) is 0 Å². The van der Waals surface area contributed by atoms with E-state index in [1.54, 1.807) is 6.92 Å². The number of benzene rings is 1. The normalized spacial score (nSPS) is 11.1. The maximum absolute atomic E-state index is 12.5. The van der Waals surface area contributed by atoms with Gasteiger partial charge in [0.05, 0.1) is 0 Å². The topological polar surface area (TPSA) is 46.5 Å². The van der Waals surface area contributed by atoms with E-state index < -0.39 is 11.8 Å². The van der Waals surface area contributed by atoms with Crippen LogP contribution in [0.15, 0.2) is 36.1 Å². The fraction of sp³-hybridized carbons (Fsp3) is 0.100. The molecule has 0 radical (unpaired) electrons. The summed E-state index contributed by atoms with van der Waals surface area (Å²) in [6.45, 7) is 1.55. The molecule has 0 saturated heterocycles. The molecule has 0 aliphatic heterocycles. The molecule has 0 fully saturated rings. The first kappa shape index (κ1) is 10.2. The lowest BCUT2D eigenvalue weighted by Gasteiger charge is -2.04. The van der Waals surface area contributed by atoms with E-state index in [0.29, 0.717) is 5.75 Å². The summed E-state index contributed by atoms with van der Waals surface area (Å²) in [6, 6.07) is 5.12. The third kappa shape index (κ3) is 2.58. The summed E-state index contributed by atoms with van der Waals surface area (Å²) < 4.78 is 17.5. The van der Waals surface area contributed by atoms with Crippen molar-refractivity contribution < 1.29 is 19.0 Å². The number of rotatable bonds is 3. The Morgan fingerprint density at radius 2 is 2.00 bits per heavy atom. The van der Waals surface area contributed by atoms with Crippen LogP contribution >= 0.6 is 0 Å². The number of carboxylic acids is 1. The molecule has 0 heterocycles. The minimum Gasteiger partial charge on any atom is -0.475 e. The fourth-order valence-corrected chi connectivity index (χ4v) is 0.856. The Labute approximate surface area is 80.4 Å². The molecular weight excluding hydrogens is 187 g/mol. The zero-order chi connectivity index (χ0) is 10.6. The summed E-state index contributed by atoms with van der Waals surface area (Å²) in [5.74, 6) is -1.44. The molecule has 0 aliphatic carbocycles. The number of hydrogen-bond donors (Lipinski definition) is 1. The van der Waals surface area contributed by atoms with Crippen LogP contribution in [0.1, 0.15) is 6.92 Å². The van der Waals surface area contributed by atoms with Gasteiger partial charge in [0.15, 0.2) is 0 Å². The highest BCUT2D eigenvalue weighted by atomic mass is 19.1. The van der Waals surface area contributed by atoms with Gasteiger partial charge < -0.3 is 9.84 Å². The highest BCUT2D eigenvalue weighted by molar-refractivity contribution is 5.84. The van der Waals surface area contributed by atoms with Crippen molar-refractivity contribution in [1.82, 2.24) is 0 Å². The Morgan fingerprint density at radius 3 is 2.43 bits per heavy atom. The quantitative estimate of drug-likeness (QED) is 0.595. The average Bonchev–Trinajstić information content (AvgIpc) is 2.16. The molecule has 4 heteroatoms. The van der Waals surface area contributed by atoms with E-state index in [2.05, 4.69) is 0 Å². The molecular formula is C10H9FO3. The van der Waals surface area contributed by atoms with Crippen molar-refractivity contribution in [2.75, 3.05) is 0 Å². The summed E-state index contributed by atoms with van der Waals surface area (Å²) in [5, 5.41) is 8.62. The molecule has 0 aliphatic rings. The van der Waals surface area contributed by atoms with E-state index in [1.807, 2.05) is 0 Å². The van der Waals surface area contributed by atoms with E-state index in [-0.39, 0.29) is 5.76 Å². The van der Waals surface area contributed by atoms with Crippen LogP contribution in [-0.4, -0.2) is 11.1 Å². The summed E-state index contributed by atoms with van der Waals surface area (Å²) in [7, 11) is 0. The monoisotopic (exact) mass is 196 g/mol. The summed E-state index contributed by atoms with van der Waals surface area (Å²) in [5.41, 5.74) is 0. The Hall–Kier alpha value is -1.84. The van der Waals surface area contributed by atoms with Gasteiger partial charge in [-0.15, -0.1) is 0 Å². The first-order chi connectivity index (χ1) is 6.63. The van der Waals surface area contributed by atoms with Crippen LogP contribution in [0.25, 0.3) is 0 Å². The predicted octanol–water partition coefficient (Wildman–Crippen LogP) is 2.19. The molecule has 1 aromatic carbocycles. The van der Waals surface area contributed by atoms with Crippen molar-refractivity contribution in [2.24, 2.45) is 0 Å². The van der Waals surface area contributed by atoms with Crippen LogP contribution < -0.4 is 4.74 Å². The highest BCUT2D eigenvalue weighted by Crippen LogP contribution is 2.14. The van der Waals surface area contributed by atoms with E-state index in [4.69, 9.17) is 9.84 Å². The fourth-order valence-electron chi connectivity index (χ4n) is 0.856. The Kier molecular flexibility index (Phi) is 3.23. The molecule has 1 N–H and O–H groups in total. The largest absolute Gasteiger partial charge is 0.475 e. The molecule has 1 rings (SSSR count). The number of allylic oxidation sites excluding steroid dienone is 1. The van der Waals surface area contributed by atoms with Gasteiger partial charge in [-0.05, 0) is 37.3 Å². The number of aliphatic carboxylic acids is 1. The van der Waals surface area contributed by atoms with Crippen molar-refractivity contribution in [3.8, 4) is 5.75 Å². The second kappa shape index (κ2) is 4.41. The van der Waals surface area contributed by atoms with Gasteiger partial charge in [-0.25, -0.2) is 9.18 Å². The average molecular weight is 196 g/mol. The van der Waals surface area contributed by atoms with Crippen LogP contribution in [0.4, 0.5) is 4.39 Å². The number of ether oxygens (including phenoxy) is 1. The van der Waals surface area contributed by atoms with Crippen LogP contribution in [0.5, 0.6) is 5.75 Å².